The van der Waals surface area contributed by atoms with Gasteiger partial charge in [0.25, 0.3) is 5.91 Å². The number of benzene rings is 1. The lowest BCUT2D eigenvalue weighted by molar-refractivity contribution is -0.123. The van der Waals surface area contributed by atoms with Crippen molar-refractivity contribution >= 4 is 5.91 Å². The van der Waals surface area contributed by atoms with Gasteiger partial charge in [0.05, 0.1) is 0 Å². The summed E-state index contributed by atoms with van der Waals surface area (Å²) in [6.07, 6.45) is 0.739. The van der Waals surface area contributed by atoms with E-state index in [4.69, 9.17) is 10.5 Å². The first-order chi connectivity index (χ1) is 8.90. The van der Waals surface area contributed by atoms with Gasteiger partial charge in [-0.1, -0.05) is 18.2 Å². The summed E-state index contributed by atoms with van der Waals surface area (Å²) in [4.78, 5) is 11.6. The first-order valence-electron chi connectivity index (χ1n) is 6.66. The minimum Gasteiger partial charge on any atom is -0.483 e. The number of nitrogens with two attached hydrogens (primary N) is 1. The molecule has 4 nitrogen and oxygen atoms in total. The molecule has 1 aromatic rings. The molecule has 1 atom stereocenters. The number of carbonyl (C=O) groups is 1. The first kappa shape index (κ1) is 15.5. The van der Waals surface area contributed by atoms with Crippen LogP contribution in [-0.4, -0.2) is 24.6 Å². The molecule has 0 aliphatic heterocycles. The van der Waals surface area contributed by atoms with Crippen LogP contribution in [0, 0.1) is 6.92 Å². The Morgan fingerprint density at radius 3 is 2.63 bits per heavy atom. The molecule has 0 saturated carbocycles. The number of ether oxygens (including phenoxy) is 1. The molecule has 0 spiro atoms. The predicted octanol–water partition coefficient (Wildman–Crippen LogP) is 1.79. The maximum atomic E-state index is 11.6. The van der Waals surface area contributed by atoms with Crippen LogP contribution in [-0.2, 0) is 11.2 Å². The number of para-hydroxylation sites is 1. The quantitative estimate of drug-likeness (QED) is 0.823. The molecule has 4 heteroatoms. The van der Waals surface area contributed by atoms with Gasteiger partial charge in [-0.25, -0.2) is 0 Å². The molecule has 0 radical (unpaired) electrons. The highest BCUT2D eigenvalue weighted by Gasteiger charge is 2.11. The highest BCUT2D eigenvalue weighted by Crippen LogP contribution is 2.24. The van der Waals surface area contributed by atoms with Crippen LogP contribution in [0.15, 0.2) is 18.2 Å². The molecular formula is C15H24N2O2. The molecule has 1 unspecified atom stereocenters. The molecule has 106 valence electrons. The van der Waals surface area contributed by atoms with Crippen LogP contribution in [0.25, 0.3) is 0 Å². The molecule has 0 aliphatic rings. The van der Waals surface area contributed by atoms with Crippen LogP contribution in [0.3, 0.4) is 0 Å². The molecule has 0 bridgehead atoms. The topological polar surface area (TPSA) is 64.3 Å². The molecule has 1 aromatic carbocycles. The van der Waals surface area contributed by atoms with E-state index in [2.05, 4.69) is 5.32 Å². The van der Waals surface area contributed by atoms with E-state index in [9.17, 15) is 4.79 Å². The number of carbonyl (C=O) groups excluding carboxylic acids is 1. The van der Waals surface area contributed by atoms with Crippen molar-refractivity contribution < 1.29 is 9.53 Å². The van der Waals surface area contributed by atoms with Crippen molar-refractivity contribution in [1.82, 2.24) is 5.32 Å². The molecule has 0 aliphatic carbocycles. The van der Waals surface area contributed by atoms with Gasteiger partial charge in [0.15, 0.2) is 6.61 Å². The lowest BCUT2D eigenvalue weighted by atomic mass is 10.0. The highest BCUT2D eigenvalue weighted by atomic mass is 16.5. The Kier molecular flexibility index (Phi) is 5.83. The zero-order chi connectivity index (χ0) is 14.4. The van der Waals surface area contributed by atoms with Crippen LogP contribution in [0.4, 0.5) is 0 Å². The molecule has 0 saturated heterocycles. The van der Waals surface area contributed by atoms with Crippen LogP contribution in [0.2, 0.25) is 0 Å². The molecular weight excluding hydrogens is 240 g/mol. The minimum absolute atomic E-state index is 0.0367. The van der Waals surface area contributed by atoms with E-state index in [0.29, 0.717) is 0 Å². The Morgan fingerprint density at radius 2 is 2.05 bits per heavy atom. The van der Waals surface area contributed by atoms with Crippen molar-refractivity contribution in [2.24, 2.45) is 5.73 Å². The van der Waals surface area contributed by atoms with Gasteiger partial charge in [-0.3, -0.25) is 4.79 Å². The largest absolute Gasteiger partial charge is 0.483 e. The third-order valence-corrected chi connectivity index (χ3v) is 2.63. The fourth-order valence-electron chi connectivity index (χ4n) is 1.93. The van der Waals surface area contributed by atoms with E-state index in [1.165, 1.54) is 0 Å². The van der Waals surface area contributed by atoms with E-state index in [1.54, 1.807) is 0 Å². The number of hydrogen-bond acceptors (Lipinski definition) is 3. The van der Waals surface area contributed by atoms with Gasteiger partial charge in [-0.2, -0.15) is 0 Å². The Hall–Kier alpha value is -1.55. The monoisotopic (exact) mass is 264 g/mol. The second-order valence-electron chi connectivity index (χ2n) is 5.26. The maximum Gasteiger partial charge on any atom is 0.258 e. The van der Waals surface area contributed by atoms with Crippen molar-refractivity contribution in [1.29, 1.82) is 0 Å². The molecule has 3 N–H and O–H groups in total. The van der Waals surface area contributed by atoms with Gasteiger partial charge < -0.3 is 15.8 Å². The predicted molar refractivity (Wildman–Crippen MR) is 77.3 cm³/mol. The van der Waals surface area contributed by atoms with Crippen LogP contribution < -0.4 is 15.8 Å². The number of nitrogens with one attached hydrogen (secondary N) is 1. The first-order valence-corrected chi connectivity index (χ1v) is 6.66. The Labute approximate surface area is 115 Å². The lowest BCUT2D eigenvalue weighted by Gasteiger charge is -2.16. The smallest absolute Gasteiger partial charge is 0.258 e. The number of aryl methyl sites for hydroxylation is 1. The number of amides is 1. The van der Waals surface area contributed by atoms with E-state index in [-0.39, 0.29) is 24.6 Å². The zero-order valence-electron chi connectivity index (χ0n) is 12.2. The Balaban J connectivity index is 2.73. The van der Waals surface area contributed by atoms with Gasteiger partial charge in [0.1, 0.15) is 5.75 Å². The van der Waals surface area contributed by atoms with Crippen LogP contribution >= 0.6 is 0 Å². The van der Waals surface area contributed by atoms with Gasteiger partial charge in [0, 0.05) is 12.1 Å². The number of hydrogen-bond donors (Lipinski definition) is 2. The molecule has 0 heterocycles. The second kappa shape index (κ2) is 7.14. The Morgan fingerprint density at radius 1 is 1.37 bits per heavy atom. The molecule has 1 rings (SSSR count). The summed E-state index contributed by atoms with van der Waals surface area (Å²) in [5.41, 5.74) is 7.90. The lowest BCUT2D eigenvalue weighted by Crippen LogP contribution is -2.34. The summed E-state index contributed by atoms with van der Waals surface area (Å²) in [6, 6.07) is 6.13. The SMILES string of the molecule is Cc1cccc(CC(C)N)c1OCC(=O)NC(C)C. The average Bonchev–Trinajstić information content (AvgIpc) is 2.26. The summed E-state index contributed by atoms with van der Waals surface area (Å²) >= 11 is 0. The van der Waals surface area contributed by atoms with Crippen molar-refractivity contribution in [3.05, 3.63) is 29.3 Å². The van der Waals surface area contributed by atoms with Crippen LogP contribution in [0.1, 0.15) is 31.9 Å². The fraction of sp³-hybridized carbons (Fsp3) is 0.533. The van der Waals surface area contributed by atoms with Gasteiger partial charge in [-0.15, -0.1) is 0 Å². The summed E-state index contributed by atoms with van der Waals surface area (Å²) in [6.45, 7) is 7.81. The van der Waals surface area contributed by atoms with Crippen molar-refractivity contribution in [3.63, 3.8) is 0 Å². The third-order valence-electron chi connectivity index (χ3n) is 2.63. The van der Waals surface area contributed by atoms with Crippen molar-refractivity contribution in [3.8, 4) is 5.75 Å². The average molecular weight is 264 g/mol. The molecule has 0 fully saturated rings. The standard InChI is InChI=1S/C15H24N2O2/c1-10(2)17-14(18)9-19-15-11(3)6-5-7-13(15)8-12(4)16/h5-7,10,12H,8-9,16H2,1-4H3,(H,17,18). The molecule has 1 amide bonds. The zero-order valence-corrected chi connectivity index (χ0v) is 12.2. The third kappa shape index (κ3) is 5.30. The maximum absolute atomic E-state index is 11.6. The summed E-state index contributed by atoms with van der Waals surface area (Å²) in [5.74, 6) is 0.670. The second-order valence-corrected chi connectivity index (χ2v) is 5.26. The highest BCUT2D eigenvalue weighted by molar-refractivity contribution is 5.77. The van der Waals surface area contributed by atoms with Crippen molar-refractivity contribution in [2.75, 3.05) is 6.61 Å². The minimum atomic E-state index is -0.106. The van der Waals surface area contributed by atoms with E-state index >= 15 is 0 Å². The summed E-state index contributed by atoms with van der Waals surface area (Å²) < 4.78 is 5.66. The van der Waals surface area contributed by atoms with E-state index in [1.807, 2.05) is 45.9 Å². The van der Waals surface area contributed by atoms with Gasteiger partial charge >= 0.3 is 0 Å². The number of rotatable bonds is 6. The summed E-state index contributed by atoms with van der Waals surface area (Å²) in [7, 11) is 0. The van der Waals surface area contributed by atoms with Crippen molar-refractivity contribution in [2.45, 2.75) is 46.2 Å². The fourth-order valence-corrected chi connectivity index (χ4v) is 1.93. The molecule has 0 aromatic heterocycles. The van der Waals surface area contributed by atoms with Crippen LogP contribution in [0.5, 0.6) is 5.75 Å². The normalized spacial score (nSPS) is 12.3. The van der Waals surface area contributed by atoms with Gasteiger partial charge in [-0.05, 0) is 45.2 Å². The molecule has 19 heavy (non-hydrogen) atoms. The van der Waals surface area contributed by atoms with E-state index in [0.717, 1.165) is 23.3 Å². The van der Waals surface area contributed by atoms with Gasteiger partial charge in [0.2, 0.25) is 0 Å². The summed E-state index contributed by atoms with van der Waals surface area (Å²) in [5, 5.41) is 2.80. The Bertz CT molecular complexity index is 428. The van der Waals surface area contributed by atoms with E-state index < -0.39 is 0 Å².